The second-order valence-corrected chi connectivity index (χ2v) is 10.3. The van der Waals surface area contributed by atoms with Crippen molar-refractivity contribution >= 4 is 11.4 Å². The third kappa shape index (κ3) is 10.7. The van der Waals surface area contributed by atoms with Gasteiger partial charge in [0.05, 0.1) is 5.57 Å². The second-order valence-electron chi connectivity index (χ2n) is 10.3. The zero-order valence-electron chi connectivity index (χ0n) is 24.4. The van der Waals surface area contributed by atoms with Crippen LogP contribution in [-0.2, 0) is 6.42 Å². The Morgan fingerprint density at radius 2 is 1.42 bits per heavy atom. The van der Waals surface area contributed by atoms with Crippen molar-refractivity contribution in [3.8, 4) is 11.8 Å². The molecule has 0 unspecified atom stereocenters. The first-order chi connectivity index (χ1) is 18.7. The van der Waals surface area contributed by atoms with Gasteiger partial charge in [0, 0.05) is 5.56 Å². The lowest BCUT2D eigenvalue weighted by Crippen LogP contribution is -2.02. The molecule has 0 saturated carbocycles. The summed E-state index contributed by atoms with van der Waals surface area (Å²) in [6, 6.07) is 17.7. The molecule has 0 aromatic heterocycles. The zero-order chi connectivity index (χ0) is 27.4. The van der Waals surface area contributed by atoms with Crippen molar-refractivity contribution in [2.75, 3.05) is 0 Å². The van der Waals surface area contributed by atoms with Gasteiger partial charge in [-0.2, -0.15) is 0 Å². The van der Waals surface area contributed by atoms with E-state index in [0.717, 1.165) is 55.2 Å². The minimum absolute atomic E-state index is 0.877. The molecule has 2 aromatic carbocycles. The number of benzene rings is 2. The fraction of sp³-hybridized carbons (Fsp3) is 0.500. The van der Waals surface area contributed by atoms with Crippen molar-refractivity contribution in [2.24, 2.45) is 0 Å². The molecular weight excluding hydrogens is 460 g/mol. The lowest BCUT2D eigenvalue weighted by Gasteiger charge is -2.18. The van der Waals surface area contributed by atoms with Gasteiger partial charge in [-0.25, -0.2) is 0 Å². The molecule has 0 bridgehead atoms. The van der Waals surface area contributed by atoms with E-state index in [-0.39, 0.29) is 0 Å². The molecule has 0 fully saturated rings. The average Bonchev–Trinajstić information content (AvgIpc) is 2.93. The van der Waals surface area contributed by atoms with Gasteiger partial charge in [0.2, 0.25) is 0 Å². The zero-order valence-corrected chi connectivity index (χ0v) is 24.4. The fourth-order valence-corrected chi connectivity index (χ4v) is 5.03. The van der Waals surface area contributed by atoms with Gasteiger partial charge in [0.1, 0.15) is 0 Å². The van der Waals surface area contributed by atoms with Crippen molar-refractivity contribution in [1.29, 1.82) is 0 Å². The van der Waals surface area contributed by atoms with Gasteiger partial charge in [-0.15, -0.1) is 10.7 Å². The molecule has 0 atom stereocenters. The Hall–Kier alpha value is -3.10. The summed E-state index contributed by atoms with van der Waals surface area (Å²) in [7, 11) is 0. The fourth-order valence-electron chi connectivity index (χ4n) is 5.03. The van der Waals surface area contributed by atoms with Crippen molar-refractivity contribution in [3.05, 3.63) is 87.5 Å². The molecule has 0 saturated heterocycles. The Labute approximate surface area is 232 Å². The molecule has 0 heterocycles. The van der Waals surface area contributed by atoms with Crippen molar-refractivity contribution < 1.29 is 4.79 Å². The maximum absolute atomic E-state index is 9.61. The lowest BCUT2D eigenvalue weighted by atomic mass is 9.84. The standard InChI is InChI=1S/C36H48N2/c1-5-9-12-13-14-16-21-34(29-38-37)35(23-11-7-3)36(33-22-17-20-31(28-33)18-8-4)32-26-24-30(25-27-32)19-15-10-6-2/h17,20,22,24-28H,5-7,9-16,19,21,23H2,1-4H3. The SMILES string of the molecule is CC#Cc1cccc(C(=C(CCCC)C(=C=[N+]=[N-])CCCCCCCC)c2ccc(CCCCC)cc2)c1. The molecule has 2 rings (SSSR count). The van der Waals surface area contributed by atoms with Crippen molar-refractivity contribution in [1.82, 2.24) is 0 Å². The minimum atomic E-state index is 0.877. The topological polar surface area (TPSA) is 36.4 Å². The van der Waals surface area contributed by atoms with Crippen LogP contribution in [0.4, 0.5) is 0 Å². The van der Waals surface area contributed by atoms with Gasteiger partial charge in [0.15, 0.2) is 0 Å². The van der Waals surface area contributed by atoms with E-state index >= 15 is 0 Å². The lowest BCUT2D eigenvalue weighted by molar-refractivity contribution is 0.00739. The number of hydrogen-bond donors (Lipinski definition) is 0. The number of rotatable bonds is 17. The van der Waals surface area contributed by atoms with Gasteiger partial charge in [-0.1, -0.05) is 114 Å². The number of aryl methyl sites for hydroxylation is 1. The smallest absolute Gasteiger partial charge is 0.303 e. The summed E-state index contributed by atoms with van der Waals surface area (Å²) in [6.45, 7) is 8.62. The quantitative estimate of drug-likeness (QED) is 0.0509. The van der Waals surface area contributed by atoms with Crippen LogP contribution in [0.2, 0.25) is 0 Å². The van der Waals surface area contributed by atoms with Crippen LogP contribution >= 0.6 is 0 Å². The van der Waals surface area contributed by atoms with E-state index in [1.807, 2.05) is 6.92 Å². The normalized spacial score (nSPS) is 11.2. The third-order valence-corrected chi connectivity index (χ3v) is 7.14. The van der Waals surface area contributed by atoms with Crippen LogP contribution in [0.1, 0.15) is 133 Å². The summed E-state index contributed by atoms with van der Waals surface area (Å²) in [5.41, 5.74) is 17.9. The Morgan fingerprint density at radius 1 is 0.737 bits per heavy atom. The van der Waals surface area contributed by atoms with Crippen LogP contribution in [0.25, 0.3) is 11.1 Å². The molecule has 0 amide bonds. The summed E-state index contributed by atoms with van der Waals surface area (Å²) in [5, 5.41) is 0. The highest BCUT2D eigenvalue weighted by atomic mass is 14.8. The van der Waals surface area contributed by atoms with E-state index in [2.05, 4.69) is 91.8 Å². The van der Waals surface area contributed by atoms with Crippen molar-refractivity contribution in [2.45, 2.75) is 118 Å². The molecule has 38 heavy (non-hydrogen) atoms. The first-order valence-electron chi connectivity index (χ1n) is 15.0. The summed E-state index contributed by atoms with van der Waals surface area (Å²) < 4.78 is 0. The second kappa shape index (κ2) is 19.0. The third-order valence-electron chi connectivity index (χ3n) is 7.14. The summed E-state index contributed by atoms with van der Waals surface area (Å²) in [6.07, 6.45) is 16.3. The van der Waals surface area contributed by atoms with Gasteiger partial charge >= 0.3 is 5.87 Å². The molecule has 0 aliphatic rings. The molecule has 0 aliphatic carbocycles. The molecule has 0 radical (unpaired) electrons. The largest absolute Gasteiger partial charge is 0.348 e. The average molecular weight is 509 g/mol. The van der Waals surface area contributed by atoms with Crippen LogP contribution < -0.4 is 0 Å². The predicted octanol–water partition coefficient (Wildman–Crippen LogP) is 10.4. The van der Waals surface area contributed by atoms with E-state index in [9.17, 15) is 5.53 Å². The summed E-state index contributed by atoms with van der Waals surface area (Å²) in [5.74, 6) is 9.29. The molecule has 202 valence electrons. The summed E-state index contributed by atoms with van der Waals surface area (Å²) >= 11 is 0. The van der Waals surface area contributed by atoms with E-state index in [4.69, 9.17) is 0 Å². The first kappa shape index (κ1) is 31.1. The van der Waals surface area contributed by atoms with Crippen LogP contribution in [-0.4, -0.2) is 10.7 Å². The molecule has 0 N–H and O–H groups in total. The number of unbranched alkanes of at least 4 members (excludes halogenated alkanes) is 8. The van der Waals surface area contributed by atoms with Gasteiger partial charge < -0.3 is 5.53 Å². The summed E-state index contributed by atoms with van der Waals surface area (Å²) in [4.78, 5) is 3.42. The number of hydrogen-bond acceptors (Lipinski definition) is 0. The molecule has 2 heteroatoms. The van der Waals surface area contributed by atoms with E-state index < -0.39 is 0 Å². The Morgan fingerprint density at radius 3 is 2.11 bits per heavy atom. The minimum Gasteiger partial charge on any atom is -0.348 e. The van der Waals surface area contributed by atoms with Crippen LogP contribution in [0, 0.1) is 11.8 Å². The Balaban J connectivity index is 2.60. The highest BCUT2D eigenvalue weighted by Crippen LogP contribution is 2.35. The number of nitrogens with zero attached hydrogens (tertiary/aromatic N) is 2. The van der Waals surface area contributed by atoms with Crippen LogP contribution in [0.15, 0.2) is 59.7 Å². The maximum Gasteiger partial charge on any atom is 0.303 e. The number of allylic oxidation sites excluding steroid dienone is 2. The van der Waals surface area contributed by atoms with E-state index in [0.29, 0.717) is 0 Å². The Bertz CT molecular complexity index is 1140. The van der Waals surface area contributed by atoms with Gasteiger partial charge in [0.25, 0.3) is 0 Å². The highest BCUT2D eigenvalue weighted by Gasteiger charge is 2.18. The van der Waals surface area contributed by atoms with Gasteiger partial charge in [-0.3, -0.25) is 0 Å². The van der Waals surface area contributed by atoms with E-state index in [1.165, 1.54) is 73.6 Å². The molecule has 0 aliphatic heterocycles. The highest BCUT2D eigenvalue weighted by molar-refractivity contribution is 5.87. The van der Waals surface area contributed by atoms with Gasteiger partial charge in [-0.05, 0) is 85.4 Å². The first-order valence-corrected chi connectivity index (χ1v) is 15.0. The van der Waals surface area contributed by atoms with E-state index in [1.54, 1.807) is 0 Å². The molecular formula is C36H48N2. The maximum atomic E-state index is 9.61. The molecule has 2 aromatic rings. The monoisotopic (exact) mass is 508 g/mol. The molecule has 0 spiro atoms. The molecule has 2 nitrogen and oxygen atoms in total. The van der Waals surface area contributed by atoms with Crippen molar-refractivity contribution in [3.63, 3.8) is 0 Å². The van der Waals surface area contributed by atoms with Crippen LogP contribution in [0.3, 0.4) is 0 Å². The Kier molecular flexibility index (Phi) is 15.6. The van der Waals surface area contributed by atoms with Crippen LogP contribution in [0.5, 0.6) is 0 Å². The predicted molar refractivity (Wildman–Crippen MR) is 164 cm³/mol.